The number of methoxy groups -OCH3 is 1. The molecule has 0 bridgehead atoms. The molecular formula is C24H33NO7. The Morgan fingerprint density at radius 2 is 1.47 bits per heavy atom. The molecule has 0 saturated heterocycles. The predicted molar refractivity (Wildman–Crippen MR) is 119 cm³/mol. The van der Waals surface area contributed by atoms with Gasteiger partial charge in [0.05, 0.1) is 43.1 Å². The van der Waals surface area contributed by atoms with Gasteiger partial charge in [-0.05, 0) is 40.7 Å². The topological polar surface area (TPSA) is 92.3 Å². The fraction of sp³-hybridized carbons (Fsp3) is 0.500. The number of carbonyl (C=O) groups is 2. The molecule has 1 atom stereocenters. The Kier molecular flexibility index (Phi) is 9.74. The van der Waals surface area contributed by atoms with Crippen LogP contribution in [0.3, 0.4) is 0 Å². The van der Waals surface area contributed by atoms with Gasteiger partial charge in [-0.25, -0.2) is 9.59 Å². The molecular weight excluding hydrogens is 414 g/mol. The van der Waals surface area contributed by atoms with E-state index in [0.29, 0.717) is 41.5 Å². The van der Waals surface area contributed by atoms with Crippen molar-refractivity contribution in [3.8, 4) is 5.75 Å². The van der Waals surface area contributed by atoms with Crippen molar-refractivity contribution in [3.63, 3.8) is 0 Å². The molecule has 1 unspecified atom stereocenters. The van der Waals surface area contributed by atoms with Gasteiger partial charge in [0.1, 0.15) is 5.75 Å². The van der Waals surface area contributed by atoms with Gasteiger partial charge >= 0.3 is 11.9 Å². The number of allylic oxidation sites excluding steroid dienone is 1. The van der Waals surface area contributed by atoms with Crippen LogP contribution in [0.25, 0.3) is 0 Å². The van der Waals surface area contributed by atoms with Crippen molar-refractivity contribution < 1.29 is 33.3 Å². The van der Waals surface area contributed by atoms with Gasteiger partial charge in [-0.3, -0.25) is 0 Å². The van der Waals surface area contributed by atoms with Crippen LogP contribution < -0.4 is 10.1 Å². The largest absolute Gasteiger partial charge is 0.496 e. The first kappa shape index (κ1) is 25.4. The monoisotopic (exact) mass is 447 g/mol. The number of esters is 2. The minimum atomic E-state index is -0.847. The first-order valence-electron chi connectivity index (χ1n) is 10.9. The van der Waals surface area contributed by atoms with Crippen molar-refractivity contribution in [3.05, 3.63) is 52.4 Å². The number of ether oxygens (including phenoxy) is 5. The van der Waals surface area contributed by atoms with Gasteiger partial charge in [0.2, 0.25) is 0 Å². The van der Waals surface area contributed by atoms with Crippen LogP contribution in [0.4, 0.5) is 0 Å². The third-order valence-electron chi connectivity index (χ3n) is 4.91. The minimum absolute atomic E-state index is 0.166. The average Bonchev–Trinajstić information content (AvgIpc) is 2.78. The van der Waals surface area contributed by atoms with Crippen molar-refractivity contribution in [2.75, 3.05) is 33.5 Å². The first-order chi connectivity index (χ1) is 15.4. The molecule has 32 heavy (non-hydrogen) atoms. The number of carbonyl (C=O) groups excluding carboxylic acids is 2. The molecule has 8 nitrogen and oxygen atoms in total. The van der Waals surface area contributed by atoms with Crippen molar-refractivity contribution in [1.29, 1.82) is 0 Å². The maximum absolute atomic E-state index is 13.3. The van der Waals surface area contributed by atoms with Crippen LogP contribution >= 0.6 is 0 Å². The number of nitrogens with one attached hydrogen (secondary N) is 1. The van der Waals surface area contributed by atoms with E-state index in [9.17, 15) is 9.59 Å². The zero-order valence-electron chi connectivity index (χ0n) is 19.7. The Morgan fingerprint density at radius 3 is 2.00 bits per heavy atom. The third-order valence-corrected chi connectivity index (χ3v) is 4.91. The molecule has 0 aromatic heterocycles. The van der Waals surface area contributed by atoms with E-state index in [4.69, 9.17) is 23.7 Å². The molecule has 1 heterocycles. The molecule has 0 radical (unpaired) electrons. The lowest BCUT2D eigenvalue weighted by Crippen LogP contribution is -2.39. The molecule has 0 amide bonds. The van der Waals surface area contributed by atoms with Gasteiger partial charge < -0.3 is 29.0 Å². The second-order valence-electron chi connectivity index (χ2n) is 6.85. The molecule has 0 spiro atoms. The van der Waals surface area contributed by atoms with Crippen molar-refractivity contribution in [1.82, 2.24) is 5.32 Å². The number of benzene rings is 1. The van der Waals surface area contributed by atoms with Crippen molar-refractivity contribution in [2.24, 2.45) is 0 Å². The number of para-hydroxylation sites is 1. The van der Waals surface area contributed by atoms with Gasteiger partial charge in [-0.15, -0.1) is 0 Å². The first-order valence-corrected chi connectivity index (χ1v) is 10.9. The summed E-state index contributed by atoms with van der Waals surface area (Å²) < 4.78 is 27.9. The zero-order chi connectivity index (χ0) is 23.7. The second kappa shape index (κ2) is 12.3. The molecule has 0 saturated carbocycles. The summed E-state index contributed by atoms with van der Waals surface area (Å²) in [5.74, 6) is -1.38. The van der Waals surface area contributed by atoms with Gasteiger partial charge in [-0.2, -0.15) is 0 Å². The van der Waals surface area contributed by atoms with Crippen LogP contribution in [-0.4, -0.2) is 51.8 Å². The number of hydrogen-bond acceptors (Lipinski definition) is 8. The van der Waals surface area contributed by atoms with Crippen molar-refractivity contribution in [2.45, 2.75) is 46.8 Å². The fourth-order valence-corrected chi connectivity index (χ4v) is 3.69. The maximum Gasteiger partial charge on any atom is 0.336 e. The van der Waals surface area contributed by atoms with Crippen LogP contribution in [0.15, 0.2) is 46.8 Å². The smallest absolute Gasteiger partial charge is 0.336 e. The van der Waals surface area contributed by atoms with Gasteiger partial charge in [0.25, 0.3) is 0 Å². The molecule has 1 aromatic carbocycles. The summed E-state index contributed by atoms with van der Waals surface area (Å²) in [5.41, 5.74) is 2.08. The second-order valence-corrected chi connectivity index (χ2v) is 6.85. The third kappa shape index (κ3) is 5.49. The molecule has 1 aromatic rings. The molecule has 1 aliphatic rings. The number of hydrogen-bond donors (Lipinski definition) is 1. The average molecular weight is 448 g/mol. The standard InChI is InChI=1S/C24H33NO7/c1-7-29-22(26)18-15(5)25-21(24(31-9-3)32-10-4)20(23(27)30-8-2)19(18)16-13-11-12-14-17(16)28-6/h11-14,19,24-25H,7-10H2,1-6H3. The quantitative estimate of drug-likeness (QED) is 0.407. The van der Waals surface area contributed by atoms with E-state index in [1.807, 2.05) is 32.0 Å². The lowest BCUT2D eigenvalue weighted by Gasteiger charge is -2.34. The van der Waals surface area contributed by atoms with Crippen LogP contribution in [0.1, 0.15) is 46.1 Å². The van der Waals surface area contributed by atoms with E-state index in [0.717, 1.165) is 0 Å². The highest BCUT2D eigenvalue weighted by atomic mass is 16.7. The Bertz CT molecular complexity index is 869. The molecule has 0 aliphatic carbocycles. The highest BCUT2D eigenvalue weighted by molar-refractivity contribution is 6.00. The molecule has 0 fully saturated rings. The zero-order valence-corrected chi connectivity index (χ0v) is 19.7. The van der Waals surface area contributed by atoms with Gasteiger partial charge in [-0.1, -0.05) is 18.2 Å². The van der Waals surface area contributed by atoms with Gasteiger partial charge in [0, 0.05) is 24.5 Å². The Labute approximate surface area is 189 Å². The number of dihydropyridines is 1. The lowest BCUT2D eigenvalue weighted by atomic mass is 9.79. The summed E-state index contributed by atoms with van der Waals surface area (Å²) in [6.45, 7) is 9.97. The highest BCUT2D eigenvalue weighted by Gasteiger charge is 2.42. The summed E-state index contributed by atoms with van der Waals surface area (Å²) in [6, 6.07) is 7.24. The summed E-state index contributed by atoms with van der Waals surface area (Å²) in [4.78, 5) is 26.3. The van der Waals surface area contributed by atoms with Crippen LogP contribution in [0, 0.1) is 0 Å². The molecule has 176 valence electrons. The molecule has 1 N–H and O–H groups in total. The summed E-state index contributed by atoms with van der Waals surface area (Å²) in [6.07, 6.45) is -0.847. The summed E-state index contributed by atoms with van der Waals surface area (Å²) >= 11 is 0. The Hall–Kier alpha value is -2.84. The van der Waals surface area contributed by atoms with E-state index < -0.39 is 24.1 Å². The van der Waals surface area contributed by atoms with E-state index >= 15 is 0 Å². The Balaban J connectivity index is 2.84. The summed E-state index contributed by atoms with van der Waals surface area (Å²) in [7, 11) is 1.54. The number of rotatable bonds is 11. The van der Waals surface area contributed by atoms with Crippen molar-refractivity contribution >= 4 is 11.9 Å². The van der Waals surface area contributed by atoms with Gasteiger partial charge in [0.15, 0.2) is 6.29 Å². The molecule has 8 heteroatoms. The minimum Gasteiger partial charge on any atom is -0.496 e. The van der Waals surface area contributed by atoms with Crippen LogP contribution in [0.5, 0.6) is 5.75 Å². The Morgan fingerprint density at radius 1 is 0.906 bits per heavy atom. The lowest BCUT2D eigenvalue weighted by molar-refractivity contribution is -0.141. The molecule has 1 aliphatic heterocycles. The normalized spacial score (nSPS) is 16.2. The van der Waals surface area contributed by atoms with E-state index in [2.05, 4.69) is 5.32 Å². The fourth-order valence-electron chi connectivity index (χ4n) is 3.69. The van der Waals surface area contributed by atoms with Crippen LogP contribution in [-0.2, 0) is 28.5 Å². The SMILES string of the molecule is CCOC(=O)C1=C(C)NC(C(OCC)OCC)=C(C(=O)OCC)C1c1ccccc1OC. The predicted octanol–water partition coefficient (Wildman–Crippen LogP) is 3.44. The van der Waals surface area contributed by atoms with E-state index in [1.165, 1.54) is 0 Å². The van der Waals surface area contributed by atoms with E-state index in [-0.39, 0.29) is 18.8 Å². The highest BCUT2D eigenvalue weighted by Crippen LogP contribution is 2.43. The van der Waals surface area contributed by atoms with Crippen LogP contribution in [0.2, 0.25) is 0 Å². The molecule has 2 rings (SSSR count). The maximum atomic E-state index is 13.3. The summed E-state index contributed by atoms with van der Waals surface area (Å²) in [5, 5.41) is 3.17. The van der Waals surface area contributed by atoms with E-state index in [1.54, 1.807) is 33.9 Å².